The van der Waals surface area contributed by atoms with Crippen LogP contribution in [0.5, 0.6) is 0 Å². The molecule has 1 fully saturated rings. The fourth-order valence-corrected chi connectivity index (χ4v) is 2.06. The third-order valence-electron chi connectivity index (χ3n) is 3.33. The Morgan fingerprint density at radius 3 is 2.44 bits per heavy atom. The SMILES string of the molecule is C=CC(C)NC(c1ccc(C)cc1)C1CC1. The molecule has 1 nitrogen and oxygen atoms in total. The standard InChI is InChI=1S/C15H21N/c1-4-12(3)16-15(14-9-10-14)13-7-5-11(2)6-8-13/h4-8,12,14-16H,1,9-10H2,2-3H3. The van der Waals surface area contributed by atoms with Gasteiger partial charge in [-0.2, -0.15) is 0 Å². The molecule has 0 bridgehead atoms. The van der Waals surface area contributed by atoms with Gasteiger partial charge in [0.05, 0.1) is 0 Å². The van der Waals surface area contributed by atoms with E-state index in [1.165, 1.54) is 24.0 Å². The summed E-state index contributed by atoms with van der Waals surface area (Å²) in [4.78, 5) is 0. The van der Waals surface area contributed by atoms with E-state index in [0.29, 0.717) is 12.1 Å². The third-order valence-corrected chi connectivity index (χ3v) is 3.33. The number of rotatable bonds is 5. The summed E-state index contributed by atoms with van der Waals surface area (Å²) >= 11 is 0. The Kier molecular flexibility index (Phi) is 3.45. The van der Waals surface area contributed by atoms with Gasteiger partial charge in [-0.1, -0.05) is 35.9 Å². The lowest BCUT2D eigenvalue weighted by Crippen LogP contribution is -2.30. The maximum atomic E-state index is 3.84. The predicted octanol–water partition coefficient (Wildman–Crippen LogP) is 3.61. The van der Waals surface area contributed by atoms with Crippen LogP contribution in [0, 0.1) is 12.8 Å². The highest BCUT2D eigenvalue weighted by Crippen LogP contribution is 2.41. The summed E-state index contributed by atoms with van der Waals surface area (Å²) in [5.41, 5.74) is 2.75. The average molecular weight is 215 g/mol. The van der Waals surface area contributed by atoms with Gasteiger partial charge in [-0.05, 0) is 38.2 Å². The Bertz CT molecular complexity index is 348. The van der Waals surface area contributed by atoms with Gasteiger partial charge in [0, 0.05) is 12.1 Å². The monoisotopic (exact) mass is 215 g/mol. The minimum Gasteiger partial charge on any atom is -0.304 e. The number of hydrogen-bond acceptors (Lipinski definition) is 1. The van der Waals surface area contributed by atoms with Crippen LogP contribution in [0.2, 0.25) is 0 Å². The number of nitrogens with one attached hydrogen (secondary N) is 1. The molecule has 2 atom stereocenters. The number of aryl methyl sites for hydroxylation is 1. The zero-order chi connectivity index (χ0) is 11.5. The summed E-state index contributed by atoms with van der Waals surface area (Å²) in [6, 6.07) is 9.79. The molecular formula is C15H21N. The molecule has 2 rings (SSSR count). The Morgan fingerprint density at radius 2 is 1.94 bits per heavy atom. The summed E-state index contributed by atoms with van der Waals surface area (Å²) < 4.78 is 0. The van der Waals surface area contributed by atoms with E-state index < -0.39 is 0 Å². The molecule has 0 amide bonds. The first-order valence-corrected chi connectivity index (χ1v) is 6.16. The van der Waals surface area contributed by atoms with Crippen LogP contribution in [-0.2, 0) is 0 Å². The highest BCUT2D eigenvalue weighted by atomic mass is 15.0. The molecular weight excluding hydrogens is 194 g/mol. The second-order valence-electron chi connectivity index (χ2n) is 4.92. The molecule has 1 aromatic carbocycles. The van der Waals surface area contributed by atoms with Gasteiger partial charge in [0.1, 0.15) is 0 Å². The maximum Gasteiger partial charge on any atom is 0.0353 e. The van der Waals surface area contributed by atoms with Gasteiger partial charge in [-0.15, -0.1) is 6.58 Å². The molecule has 0 heterocycles. The van der Waals surface area contributed by atoms with Gasteiger partial charge in [0.25, 0.3) is 0 Å². The van der Waals surface area contributed by atoms with Crippen molar-refractivity contribution in [3.8, 4) is 0 Å². The Morgan fingerprint density at radius 1 is 1.31 bits per heavy atom. The fraction of sp³-hybridized carbons (Fsp3) is 0.467. The molecule has 16 heavy (non-hydrogen) atoms. The zero-order valence-corrected chi connectivity index (χ0v) is 10.2. The number of benzene rings is 1. The quantitative estimate of drug-likeness (QED) is 0.740. The van der Waals surface area contributed by atoms with Crippen molar-refractivity contribution in [2.24, 2.45) is 5.92 Å². The predicted molar refractivity (Wildman–Crippen MR) is 69.4 cm³/mol. The first kappa shape index (κ1) is 11.4. The van der Waals surface area contributed by atoms with E-state index in [4.69, 9.17) is 0 Å². The second kappa shape index (κ2) is 4.84. The van der Waals surface area contributed by atoms with E-state index >= 15 is 0 Å². The van der Waals surface area contributed by atoms with E-state index in [-0.39, 0.29) is 0 Å². The minimum absolute atomic E-state index is 0.381. The van der Waals surface area contributed by atoms with Gasteiger partial charge in [0.15, 0.2) is 0 Å². The van der Waals surface area contributed by atoms with Crippen molar-refractivity contribution in [2.75, 3.05) is 0 Å². The Hall–Kier alpha value is -1.08. The molecule has 1 aliphatic carbocycles. The molecule has 1 aliphatic rings. The molecule has 1 heteroatoms. The third kappa shape index (κ3) is 2.73. The lowest BCUT2D eigenvalue weighted by molar-refractivity contribution is 0.457. The van der Waals surface area contributed by atoms with E-state index in [1.54, 1.807) is 0 Å². The van der Waals surface area contributed by atoms with Crippen LogP contribution >= 0.6 is 0 Å². The Labute approximate surface area is 98.6 Å². The van der Waals surface area contributed by atoms with Gasteiger partial charge < -0.3 is 5.32 Å². The van der Waals surface area contributed by atoms with E-state index in [9.17, 15) is 0 Å². The molecule has 0 saturated heterocycles. The van der Waals surface area contributed by atoms with Crippen LogP contribution in [0.1, 0.15) is 36.9 Å². The van der Waals surface area contributed by atoms with Crippen molar-refractivity contribution in [1.29, 1.82) is 0 Å². The van der Waals surface area contributed by atoms with Gasteiger partial charge in [-0.25, -0.2) is 0 Å². The average Bonchev–Trinajstić information content (AvgIpc) is 3.11. The van der Waals surface area contributed by atoms with Gasteiger partial charge >= 0.3 is 0 Å². The van der Waals surface area contributed by atoms with Crippen LogP contribution in [0.15, 0.2) is 36.9 Å². The summed E-state index contributed by atoms with van der Waals surface area (Å²) in [6.45, 7) is 8.14. The summed E-state index contributed by atoms with van der Waals surface area (Å²) in [5, 5.41) is 3.65. The van der Waals surface area contributed by atoms with Crippen molar-refractivity contribution in [2.45, 2.75) is 38.8 Å². The molecule has 1 aromatic rings. The van der Waals surface area contributed by atoms with Gasteiger partial charge in [-0.3, -0.25) is 0 Å². The van der Waals surface area contributed by atoms with Crippen molar-refractivity contribution >= 4 is 0 Å². The largest absolute Gasteiger partial charge is 0.304 e. The van der Waals surface area contributed by atoms with Crippen LogP contribution in [0.4, 0.5) is 0 Å². The normalized spacial score (nSPS) is 19.1. The fourth-order valence-electron chi connectivity index (χ4n) is 2.06. The van der Waals surface area contributed by atoms with Crippen molar-refractivity contribution in [3.63, 3.8) is 0 Å². The lowest BCUT2D eigenvalue weighted by Gasteiger charge is -2.22. The van der Waals surface area contributed by atoms with E-state index in [1.807, 2.05) is 6.08 Å². The van der Waals surface area contributed by atoms with Crippen LogP contribution < -0.4 is 5.32 Å². The first-order chi connectivity index (χ1) is 7.70. The van der Waals surface area contributed by atoms with Crippen LogP contribution in [0.25, 0.3) is 0 Å². The van der Waals surface area contributed by atoms with E-state index in [0.717, 1.165) is 5.92 Å². The van der Waals surface area contributed by atoms with Crippen molar-refractivity contribution in [3.05, 3.63) is 48.0 Å². The minimum atomic E-state index is 0.381. The van der Waals surface area contributed by atoms with Crippen molar-refractivity contribution < 1.29 is 0 Å². The molecule has 0 aliphatic heterocycles. The highest BCUT2D eigenvalue weighted by molar-refractivity contribution is 5.25. The molecule has 1 N–H and O–H groups in total. The number of hydrogen-bond donors (Lipinski definition) is 1. The van der Waals surface area contributed by atoms with Crippen molar-refractivity contribution in [1.82, 2.24) is 5.32 Å². The Balaban J connectivity index is 2.12. The molecule has 2 unspecified atom stereocenters. The molecule has 0 spiro atoms. The summed E-state index contributed by atoms with van der Waals surface area (Å²) in [7, 11) is 0. The highest BCUT2D eigenvalue weighted by Gasteiger charge is 2.32. The molecule has 0 aromatic heterocycles. The molecule has 86 valence electrons. The zero-order valence-electron chi connectivity index (χ0n) is 10.2. The maximum absolute atomic E-state index is 3.84. The second-order valence-corrected chi connectivity index (χ2v) is 4.92. The summed E-state index contributed by atoms with van der Waals surface area (Å²) in [5.74, 6) is 0.824. The lowest BCUT2D eigenvalue weighted by atomic mass is 10.0. The topological polar surface area (TPSA) is 12.0 Å². The first-order valence-electron chi connectivity index (χ1n) is 6.16. The summed E-state index contributed by atoms with van der Waals surface area (Å²) in [6.07, 6.45) is 4.69. The van der Waals surface area contributed by atoms with Crippen LogP contribution in [0.3, 0.4) is 0 Å². The molecule has 1 saturated carbocycles. The van der Waals surface area contributed by atoms with E-state index in [2.05, 4.69) is 50.0 Å². The van der Waals surface area contributed by atoms with Gasteiger partial charge in [0.2, 0.25) is 0 Å². The van der Waals surface area contributed by atoms with Crippen LogP contribution in [-0.4, -0.2) is 6.04 Å². The molecule has 0 radical (unpaired) electrons. The smallest absolute Gasteiger partial charge is 0.0353 e.